The summed E-state index contributed by atoms with van der Waals surface area (Å²) in [6.45, 7) is 2.95. The maximum atomic E-state index is 12.6. The lowest BCUT2D eigenvalue weighted by Gasteiger charge is -2.13. The van der Waals surface area contributed by atoms with Gasteiger partial charge in [0.1, 0.15) is 5.82 Å². The zero-order valence-electron chi connectivity index (χ0n) is 17.9. The Morgan fingerprint density at radius 1 is 1.12 bits per heavy atom. The second-order valence-electron chi connectivity index (χ2n) is 7.66. The van der Waals surface area contributed by atoms with Gasteiger partial charge in [-0.1, -0.05) is 12.8 Å². The molecule has 0 bridgehead atoms. The molecule has 1 aliphatic heterocycles. The monoisotopic (exact) mass is 435 g/mol. The van der Waals surface area contributed by atoms with E-state index in [1.54, 1.807) is 19.1 Å². The van der Waals surface area contributed by atoms with Gasteiger partial charge in [-0.25, -0.2) is 0 Å². The van der Waals surface area contributed by atoms with Crippen molar-refractivity contribution in [2.75, 3.05) is 11.9 Å². The zero-order chi connectivity index (χ0) is 22.5. The Balaban J connectivity index is 1.50. The molecule has 2 aromatic carbocycles. The molecular weight excluding hydrogens is 410 g/mol. The topological polar surface area (TPSA) is 112 Å². The van der Waals surface area contributed by atoms with E-state index in [1.807, 2.05) is 12.1 Å². The molecule has 0 fully saturated rings. The van der Waals surface area contributed by atoms with Crippen molar-refractivity contribution in [1.29, 1.82) is 0 Å². The second kappa shape index (κ2) is 9.59. The molecule has 0 unspecified atom stereocenters. The Morgan fingerprint density at radius 3 is 2.66 bits per heavy atom. The van der Waals surface area contributed by atoms with Crippen molar-refractivity contribution in [3.05, 3.63) is 64.0 Å². The first kappa shape index (κ1) is 21.5. The number of hydrogen-bond acceptors (Lipinski definition) is 6. The minimum atomic E-state index is -0.556. The first-order valence-electron chi connectivity index (χ1n) is 10.8. The van der Waals surface area contributed by atoms with E-state index in [4.69, 9.17) is 4.74 Å². The number of benzene rings is 2. The third-order valence-electron chi connectivity index (χ3n) is 5.48. The summed E-state index contributed by atoms with van der Waals surface area (Å²) in [6, 6.07) is 11.6. The average molecular weight is 435 g/mol. The molecule has 3 aromatic rings. The standard InChI is InChI=1S/C23H25N5O4/c1-2-32-20-13-10-17(15-19(20)28(30)31)23(29)24-18-11-8-16(9-12-18)22-26-25-21-7-5-3-4-6-14-27(21)22/h8-13,15H,2-7,14H2,1H3,(H,24,29). The maximum Gasteiger partial charge on any atom is 0.311 e. The van der Waals surface area contributed by atoms with Crippen molar-refractivity contribution < 1.29 is 14.5 Å². The van der Waals surface area contributed by atoms with Crippen LogP contribution in [0.1, 0.15) is 48.8 Å². The fourth-order valence-electron chi connectivity index (χ4n) is 3.86. The van der Waals surface area contributed by atoms with Crippen LogP contribution in [-0.2, 0) is 13.0 Å². The summed E-state index contributed by atoms with van der Waals surface area (Å²) in [6.07, 6.45) is 5.63. The number of nitrogens with zero attached hydrogens (tertiary/aromatic N) is 4. The average Bonchev–Trinajstić information content (AvgIpc) is 3.16. The van der Waals surface area contributed by atoms with Gasteiger partial charge in [-0.2, -0.15) is 0 Å². The third kappa shape index (κ3) is 4.61. The van der Waals surface area contributed by atoms with E-state index in [0.717, 1.165) is 43.0 Å². The normalized spacial score (nSPS) is 13.5. The number of fused-ring (bicyclic) bond motifs is 1. The number of aromatic nitrogens is 3. The van der Waals surface area contributed by atoms with Crippen LogP contribution in [0.5, 0.6) is 5.75 Å². The van der Waals surface area contributed by atoms with Crippen LogP contribution in [0, 0.1) is 10.1 Å². The summed E-state index contributed by atoms with van der Waals surface area (Å²) >= 11 is 0. The zero-order valence-corrected chi connectivity index (χ0v) is 17.9. The van der Waals surface area contributed by atoms with Crippen LogP contribution >= 0.6 is 0 Å². The van der Waals surface area contributed by atoms with Crippen molar-refractivity contribution in [1.82, 2.24) is 14.8 Å². The Morgan fingerprint density at radius 2 is 1.91 bits per heavy atom. The number of aryl methyl sites for hydroxylation is 1. The molecule has 0 saturated heterocycles. The number of ether oxygens (including phenoxy) is 1. The molecule has 1 aliphatic rings. The van der Waals surface area contributed by atoms with Gasteiger partial charge in [0.25, 0.3) is 5.91 Å². The van der Waals surface area contributed by atoms with Crippen LogP contribution < -0.4 is 10.1 Å². The number of carbonyl (C=O) groups is 1. The molecule has 0 aliphatic carbocycles. The first-order valence-corrected chi connectivity index (χ1v) is 10.8. The lowest BCUT2D eigenvalue weighted by atomic mass is 10.1. The Kier molecular flexibility index (Phi) is 6.44. The molecule has 32 heavy (non-hydrogen) atoms. The maximum absolute atomic E-state index is 12.6. The predicted octanol–water partition coefficient (Wildman–Crippen LogP) is 4.62. The van der Waals surface area contributed by atoms with E-state index in [2.05, 4.69) is 20.1 Å². The molecule has 4 rings (SSSR count). The van der Waals surface area contributed by atoms with Gasteiger partial charge in [0, 0.05) is 35.8 Å². The number of amides is 1. The smallest absolute Gasteiger partial charge is 0.311 e. The van der Waals surface area contributed by atoms with E-state index in [9.17, 15) is 14.9 Å². The predicted molar refractivity (Wildman–Crippen MR) is 120 cm³/mol. The molecular formula is C23H25N5O4. The van der Waals surface area contributed by atoms with Gasteiger partial charge in [0.15, 0.2) is 11.6 Å². The summed E-state index contributed by atoms with van der Waals surface area (Å²) in [4.78, 5) is 23.4. The summed E-state index contributed by atoms with van der Waals surface area (Å²) < 4.78 is 7.45. The van der Waals surface area contributed by atoms with Gasteiger partial charge in [-0.15, -0.1) is 10.2 Å². The van der Waals surface area contributed by atoms with Crippen molar-refractivity contribution >= 4 is 17.3 Å². The minimum Gasteiger partial charge on any atom is -0.487 e. The van der Waals surface area contributed by atoms with Crippen LogP contribution in [0.4, 0.5) is 11.4 Å². The number of nitro benzene ring substituents is 1. The molecule has 0 radical (unpaired) electrons. The van der Waals surface area contributed by atoms with Crippen LogP contribution in [0.15, 0.2) is 42.5 Å². The van der Waals surface area contributed by atoms with E-state index in [-0.39, 0.29) is 17.0 Å². The molecule has 166 valence electrons. The van der Waals surface area contributed by atoms with Crippen LogP contribution in [0.25, 0.3) is 11.4 Å². The van der Waals surface area contributed by atoms with E-state index in [0.29, 0.717) is 12.3 Å². The number of rotatable bonds is 6. The first-order chi connectivity index (χ1) is 15.6. The Bertz CT molecular complexity index is 1120. The van der Waals surface area contributed by atoms with Gasteiger partial charge >= 0.3 is 5.69 Å². The van der Waals surface area contributed by atoms with E-state index < -0.39 is 10.8 Å². The van der Waals surface area contributed by atoms with Crippen LogP contribution in [-0.4, -0.2) is 32.2 Å². The highest BCUT2D eigenvalue weighted by Gasteiger charge is 2.19. The summed E-state index contributed by atoms with van der Waals surface area (Å²) in [7, 11) is 0. The molecule has 1 amide bonds. The van der Waals surface area contributed by atoms with Gasteiger partial charge in [0.2, 0.25) is 0 Å². The summed E-state index contributed by atoms with van der Waals surface area (Å²) in [5.41, 5.74) is 1.46. The fraction of sp³-hybridized carbons (Fsp3) is 0.348. The van der Waals surface area contributed by atoms with Crippen molar-refractivity contribution in [3.8, 4) is 17.1 Å². The third-order valence-corrected chi connectivity index (χ3v) is 5.48. The lowest BCUT2D eigenvalue weighted by molar-refractivity contribution is -0.385. The van der Waals surface area contributed by atoms with E-state index in [1.165, 1.54) is 31.0 Å². The van der Waals surface area contributed by atoms with Crippen LogP contribution in [0.2, 0.25) is 0 Å². The molecule has 0 spiro atoms. The Labute approximate surface area is 185 Å². The molecule has 1 N–H and O–H groups in total. The quantitative estimate of drug-likeness (QED) is 0.447. The largest absolute Gasteiger partial charge is 0.487 e. The van der Waals surface area contributed by atoms with Gasteiger partial charge in [-0.05, 0) is 56.2 Å². The van der Waals surface area contributed by atoms with Gasteiger partial charge in [0.05, 0.1) is 11.5 Å². The molecule has 0 atom stereocenters. The summed E-state index contributed by atoms with van der Waals surface area (Å²) in [5, 5.41) is 22.8. The number of carbonyl (C=O) groups excluding carboxylic acids is 1. The highest BCUT2D eigenvalue weighted by Crippen LogP contribution is 2.29. The van der Waals surface area contributed by atoms with Crippen LogP contribution in [0.3, 0.4) is 0 Å². The highest BCUT2D eigenvalue weighted by atomic mass is 16.6. The number of nitro groups is 1. The minimum absolute atomic E-state index is 0.140. The van der Waals surface area contributed by atoms with Crippen molar-refractivity contribution in [3.63, 3.8) is 0 Å². The molecule has 9 heteroatoms. The van der Waals surface area contributed by atoms with Gasteiger partial charge < -0.3 is 14.6 Å². The number of anilines is 1. The molecule has 0 saturated carbocycles. The molecule has 2 heterocycles. The van der Waals surface area contributed by atoms with Gasteiger partial charge in [-0.3, -0.25) is 14.9 Å². The highest BCUT2D eigenvalue weighted by molar-refractivity contribution is 6.04. The van der Waals surface area contributed by atoms with Crippen molar-refractivity contribution in [2.24, 2.45) is 0 Å². The Hall–Kier alpha value is -3.75. The lowest BCUT2D eigenvalue weighted by Crippen LogP contribution is -2.12. The van der Waals surface area contributed by atoms with Crippen molar-refractivity contribution in [2.45, 2.75) is 45.6 Å². The number of hydrogen-bond donors (Lipinski definition) is 1. The summed E-state index contributed by atoms with van der Waals surface area (Å²) in [5.74, 6) is 1.56. The van der Waals surface area contributed by atoms with E-state index >= 15 is 0 Å². The number of nitrogens with one attached hydrogen (secondary N) is 1. The SMILES string of the molecule is CCOc1ccc(C(=O)Nc2ccc(-c3nnc4n3CCCCCC4)cc2)cc1[N+](=O)[O-]. The molecule has 9 nitrogen and oxygen atoms in total. The fourth-order valence-corrected chi connectivity index (χ4v) is 3.86. The molecule has 1 aromatic heterocycles. The second-order valence-corrected chi connectivity index (χ2v) is 7.66.